The first-order valence-corrected chi connectivity index (χ1v) is 7.12. The minimum Gasteiger partial charge on any atom is -0.468 e. The van der Waals surface area contributed by atoms with E-state index in [1.165, 1.54) is 0 Å². The first-order valence-electron chi connectivity index (χ1n) is 7.12. The van der Waals surface area contributed by atoms with E-state index in [-0.39, 0.29) is 0 Å². The third kappa shape index (κ3) is 4.87. The van der Waals surface area contributed by atoms with Crippen LogP contribution in [0, 0.1) is 5.92 Å². The molecular formula is C16H24N2O2. The molecule has 0 fully saturated rings. The van der Waals surface area contributed by atoms with Crippen molar-refractivity contribution in [3.05, 3.63) is 47.8 Å². The van der Waals surface area contributed by atoms with E-state index in [0.717, 1.165) is 43.5 Å². The van der Waals surface area contributed by atoms with E-state index >= 15 is 0 Å². The Kier molecular flexibility index (Phi) is 5.44. The molecule has 0 radical (unpaired) electrons. The van der Waals surface area contributed by atoms with Gasteiger partial charge in [0.15, 0.2) is 0 Å². The highest BCUT2D eigenvalue weighted by atomic mass is 16.3. The van der Waals surface area contributed by atoms with Gasteiger partial charge < -0.3 is 14.2 Å². The molecule has 0 saturated heterocycles. The zero-order valence-corrected chi connectivity index (χ0v) is 12.6. The summed E-state index contributed by atoms with van der Waals surface area (Å²) in [6.45, 7) is 7.77. The van der Waals surface area contributed by atoms with E-state index in [4.69, 9.17) is 8.83 Å². The van der Waals surface area contributed by atoms with Gasteiger partial charge in [0.2, 0.25) is 0 Å². The van der Waals surface area contributed by atoms with Crippen molar-refractivity contribution in [1.82, 2.24) is 10.2 Å². The predicted octanol–water partition coefficient (Wildman–Crippen LogP) is 3.25. The number of nitrogens with zero attached hydrogens (tertiary/aromatic N) is 1. The lowest BCUT2D eigenvalue weighted by Crippen LogP contribution is -2.18. The number of hydrogen-bond donors (Lipinski definition) is 1. The molecule has 0 unspecified atom stereocenters. The van der Waals surface area contributed by atoms with Gasteiger partial charge in [-0.05, 0) is 43.8 Å². The van der Waals surface area contributed by atoms with Gasteiger partial charge in [0, 0.05) is 0 Å². The fourth-order valence-corrected chi connectivity index (χ4v) is 2.08. The minimum absolute atomic E-state index is 0.656. The molecule has 0 atom stereocenters. The zero-order valence-electron chi connectivity index (χ0n) is 12.6. The summed E-state index contributed by atoms with van der Waals surface area (Å²) in [6.07, 6.45) is 1.70. The summed E-state index contributed by atoms with van der Waals surface area (Å²) in [4.78, 5) is 2.17. The second kappa shape index (κ2) is 7.31. The Morgan fingerprint density at radius 1 is 1.10 bits per heavy atom. The number of rotatable bonds is 8. The SMILES string of the molecule is CC(C)CNCc1ccc(CN(C)Cc2ccco2)o1. The fourth-order valence-electron chi connectivity index (χ4n) is 2.08. The average Bonchev–Trinajstić information content (AvgIpc) is 3.01. The molecule has 20 heavy (non-hydrogen) atoms. The molecule has 110 valence electrons. The Balaban J connectivity index is 1.77. The zero-order chi connectivity index (χ0) is 14.4. The van der Waals surface area contributed by atoms with Crippen molar-refractivity contribution in [2.75, 3.05) is 13.6 Å². The normalized spacial score (nSPS) is 11.7. The summed E-state index contributed by atoms with van der Waals surface area (Å²) in [6, 6.07) is 7.99. The third-order valence-electron chi connectivity index (χ3n) is 3.00. The van der Waals surface area contributed by atoms with Crippen LogP contribution in [0.3, 0.4) is 0 Å². The number of furan rings is 2. The standard InChI is InChI=1S/C16H24N2O2/c1-13(2)9-17-10-14-6-7-16(20-14)12-18(3)11-15-5-4-8-19-15/h4-8,13,17H,9-12H2,1-3H3. The Morgan fingerprint density at radius 3 is 2.55 bits per heavy atom. The highest BCUT2D eigenvalue weighted by Crippen LogP contribution is 2.12. The molecule has 0 amide bonds. The lowest BCUT2D eigenvalue weighted by molar-refractivity contribution is 0.261. The van der Waals surface area contributed by atoms with Crippen molar-refractivity contribution < 1.29 is 8.83 Å². The third-order valence-corrected chi connectivity index (χ3v) is 3.00. The van der Waals surface area contributed by atoms with Crippen LogP contribution in [-0.4, -0.2) is 18.5 Å². The van der Waals surface area contributed by atoms with Crippen LogP contribution in [0.5, 0.6) is 0 Å². The van der Waals surface area contributed by atoms with E-state index in [1.54, 1.807) is 6.26 Å². The Labute approximate surface area is 120 Å². The lowest BCUT2D eigenvalue weighted by Gasteiger charge is -2.13. The van der Waals surface area contributed by atoms with Gasteiger partial charge in [-0.3, -0.25) is 4.90 Å². The summed E-state index contributed by atoms with van der Waals surface area (Å²) >= 11 is 0. The second-order valence-corrected chi connectivity index (χ2v) is 5.64. The quantitative estimate of drug-likeness (QED) is 0.803. The van der Waals surface area contributed by atoms with Gasteiger partial charge in [-0.2, -0.15) is 0 Å². The van der Waals surface area contributed by atoms with E-state index in [0.29, 0.717) is 5.92 Å². The van der Waals surface area contributed by atoms with E-state index in [1.807, 2.05) is 24.3 Å². The van der Waals surface area contributed by atoms with Crippen molar-refractivity contribution in [2.24, 2.45) is 5.92 Å². The highest BCUT2D eigenvalue weighted by Gasteiger charge is 2.07. The van der Waals surface area contributed by atoms with Crippen molar-refractivity contribution >= 4 is 0 Å². The molecular weight excluding hydrogens is 252 g/mol. The molecule has 0 bridgehead atoms. The van der Waals surface area contributed by atoms with Crippen molar-refractivity contribution in [2.45, 2.75) is 33.5 Å². The van der Waals surface area contributed by atoms with Crippen molar-refractivity contribution in [3.8, 4) is 0 Å². The Morgan fingerprint density at radius 2 is 1.85 bits per heavy atom. The van der Waals surface area contributed by atoms with Crippen LogP contribution < -0.4 is 5.32 Å². The summed E-state index contributed by atoms with van der Waals surface area (Å²) in [5, 5.41) is 3.38. The van der Waals surface area contributed by atoms with Crippen LogP contribution in [0.4, 0.5) is 0 Å². The molecule has 2 aromatic rings. The smallest absolute Gasteiger partial charge is 0.118 e. The molecule has 2 aromatic heterocycles. The summed E-state index contributed by atoms with van der Waals surface area (Å²) < 4.78 is 11.2. The molecule has 0 saturated carbocycles. The van der Waals surface area contributed by atoms with Gasteiger partial charge in [0.25, 0.3) is 0 Å². The summed E-state index contributed by atoms with van der Waals surface area (Å²) in [5.74, 6) is 3.61. The van der Waals surface area contributed by atoms with Crippen LogP contribution in [0.1, 0.15) is 31.1 Å². The molecule has 4 nitrogen and oxygen atoms in total. The topological polar surface area (TPSA) is 41.5 Å². The van der Waals surface area contributed by atoms with Crippen molar-refractivity contribution in [3.63, 3.8) is 0 Å². The van der Waals surface area contributed by atoms with Crippen LogP contribution >= 0.6 is 0 Å². The maximum absolute atomic E-state index is 5.82. The molecule has 2 heterocycles. The molecule has 0 aliphatic carbocycles. The number of nitrogens with one attached hydrogen (secondary N) is 1. The average molecular weight is 276 g/mol. The monoisotopic (exact) mass is 276 g/mol. The fraction of sp³-hybridized carbons (Fsp3) is 0.500. The van der Waals surface area contributed by atoms with Gasteiger partial charge >= 0.3 is 0 Å². The van der Waals surface area contributed by atoms with Gasteiger partial charge in [-0.15, -0.1) is 0 Å². The first-order chi connectivity index (χ1) is 9.63. The Hall–Kier alpha value is -1.52. The lowest BCUT2D eigenvalue weighted by atomic mass is 10.2. The van der Waals surface area contributed by atoms with Crippen LogP contribution in [0.25, 0.3) is 0 Å². The van der Waals surface area contributed by atoms with Gasteiger partial charge in [-0.25, -0.2) is 0 Å². The minimum atomic E-state index is 0.656. The number of hydrogen-bond acceptors (Lipinski definition) is 4. The molecule has 0 spiro atoms. The predicted molar refractivity (Wildman–Crippen MR) is 79.1 cm³/mol. The molecule has 2 rings (SSSR count). The Bertz CT molecular complexity index is 488. The largest absolute Gasteiger partial charge is 0.468 e. The van der Waals surface area contributed by atoms with Crippen LogP contribution in [-0.2, 0) is 19.6 Å². The van der Waals surface area contributed by atoms with Crippen molar-refractivity contribution in [1.29, 1.82) is 0 Å². The molecule has 0 aliphatic heterocycles. The van der Waals surface area contributed by atoms with E-state index in [9.17, 15) is 0 Å². The van der Waals surface area contributed by atoms with Gasteiger partial charge in [0.1, 0.15) is 17.3 Å². The van der Waals surface area contributed by atoms with Gasteiger partial charge in [-0.1, -0.05) is 13.8 Å². The summed E-state index contributed by atoms with van der Waals surface area (Å²) in [5.41, 5.74) is 0. The maximum Gasteiger partial charge on any atom is 0.118 e. The molecule has 4 heteroatoms. The molecule has 1 N–H and O–H groups in total. The molecule has 0 aromatic carbocycles. The first kappa shape index (κ1) is 14.9. The van der Waals surface area contributed by atoms with Crippen LogP contribution in [0.15, 0.2) is 39.4 Å². The van der Waals surface area contributed by atoms with Crippen LogP contribution in [0.2, 0.25) is 0 Å². The van der Waals surface area contributed by atoms with Gasteiger partial charge in [0.05, 0.1) is 25.9 Å². The molecule has 0 aliphatic rings. The second-order valence-electron chi connectivity index (χ2n) is 5.64. The van der Waals surface area contributed by atoms with E-state index < -0.39 is 0 Å². The van der Waals surface area contributed by atoms with E-state index in [2.05, 4.69) is 31.1 Å². The highest BCUT2D eigenvalue weighted by molar-refractivity contribution is 5.07. The maximum atomic E-state index is 5.82. The summed E-state index contributed by atoms with van der Waals surface area (Å²) in [7, 11) is 2.06.